The van der Waals surface area contributed by atoms with Crippen molar-refractivity contribution in [2.45, 2.75) is 101 Å². The van der Waals surface area contributed by atoms with Crippen molar-refractivity contribution in [3.05, 3.63) is 114 Å². The van der Waals surface area contributed by atoms with Gasteiger partial charge in [0.1, 0.15) is 60.0 Å². The van der Waals surface area contributed by atoms with E-state index in [0.717, 1.165) is 23.8 Å². The highest BCUT2D eigenvalue weighted by atomic mass is 35.5. The van der Waals surface area contributed by atoms with Gasteiger partial charge in [0.25, 0.3) is 11.5 Å². The van der Waals surface area contributed by atoms with Gasteiger partial charge in [0.15, 0.2) is 11.4 Å². The summed E-state index contributed by atoms with van der Waals surface area (Å²) < 4.78 is 82.4. The number of esters is 1. The summed E-state index contributed by atoms with van der Waals surface area (Å²) in [4.78, 5) is 76.8. The minimum absolute atomic E-state index is 0.00254. The van der Waals surface area contributed by atoms with Crippen molar-refractivity contribution < 1.29 is 51.3 Å². The number of aromatic nitrogens is 4. The first-order valence-electron chi connectivity index (χ1n) is 28.1. The van der Waals surface area contributed by atoms with Crippen molar-refractivity contribution in [3.63, 3.8) is 0 Å². The molecule has 25 heteroatoms. The second-order valence-electron chi connectivity index (χ2n) is 23.0. The molecule has 0 saturated carbocycles. The Morgan fingerprint density at radius 2 is 1.86 bits per heavy atom. The fourth-order valence-electron chi connectivity index (χ4n) is 14.0. The Kier molecular flexibility index (Phi) is 13.8. The SMILES string of the molecule is C=C(COC(=O)N(C)[C@@H]1CCc2c(C)c(F)cc3nc4c(c1c23)Cn1c-4cc2c(c1=O)COC(=O)[C@]2(O)CC)C(=O)N1CCN(c2nc(OCC34CCCN3C[C@H](F)C4)nc3c(F)c(-c4ccc(F)c5sc(N)c(C#N)c45)c(Cl)cc23)C[C@@H]1CC#N. The van der Waals surface area contributed by atoms with Gasteiger partial charge >= 0.3 is 18.1 Å². The predicted octanol–water partition coefficient (Wildman–Crippen LogP) is 8.94. The van der Waals surface area contributed by atoms with Crippen LogP contribution in [0.1, 0.15) is 90.4 Å². The number of carbonyl (C=O) groups excluding carboxylic acids is 3. The first-order valence-corrected chi connectivity index (χ1v) is 29.3. The van der Waals surface area contributed by atoms with Crippen molar-refractivity contribution in [3.8, 4) is 40.7 Å². The third-order valence-corrected chi connectivity index (χ3v) is 19.7. The number of hydrogen-bond acceptors (Lipinski definition) is 17. The van der Waals surface area contributed by atoms with Gasteiger partial charge in [0.2, 0.25) is 0 Å². The lowest BCUT2D eigenvalue weighted by atomic mass is 9.81. The number of halogens is 5. The minimum atomic E-state index is -2.09. The molecule has 13 rings (SSSR count). The molecule has 7 aromatic rings. The first-order chi connectivity index (χ1) is 41.2. The number of nitrogens with two attached hydrogens (primary N) is 1. The van der Waals surface area contributed by atoms with Crippen LogP contribution in [0.15, 0.2) is 47.3 Å². The van der Waals surface area contributed by atoms with E-state index < -0.39 is 77.0 Å². The maximum atomic E-state index is 17.6. The quantitative estimate of drug-likeness (QED) is 0.0697. The zero-order valence-corrected chi connectivity index (χ0v) is 48.4. The molecule has 3 aromatic carbocycles. The second kappa shape index (κ2) is 20.9. The van der Waals surface area contributed by atoms with E-state index in [4.69, 9.17) is 41.5 Å². The van der Waals surface area contributed by atoms with E-state index in [2.05, 4.69) is 17.6 Å². The lowest BCUT2D eigenvalue weighted by Gasteiger charge is -2.41. The number of nitrogen functional groups attached to an aromatic ring is 1. The lowest BCUT2D eigenvalue weighted by Crippen LogP contribution is -2.56. The summed E-state index contributed by atoms with van der Waals surface area (Å²) in [5.41, 5.74) is 5.91. The number of ether oxygens (including phenoxy) is 3. The molecule has 1 aliphatic carbocycles. The monoisotopic (exact) mass is 1210 g/mol. The number of alkyl halides is 1. The topological polar surface area (TPSA) is 246 Å². The van der Waals surface area contributed by atoms with Crippen LogP contribution in [0.3, 0.4) is 0 Å². The molecule has 1 unspecified atom stereocenters. The largest absolute Gasteiger partial charge is 0.461 e. The van der Waals surface area contributed by atoms with E-state index in [0.29, 0.717) is 64.8 Å². The molecular weight excluding hydrogens is 1160 g/mol. The van der Waals surface area contributed by atoms with E-state index in [1.807, 2.05) is 11.0 Å². The van der Waals surface area contributed by atoms with Crippen molar-refractivity contribution in [2.75, 3.05) is 63.6 Å². The number of nitrogens with zero attached hydrogens (tertiary/aromatic N) is 10. The van der Waals surface area contributed by atoms with Crippen LogP contribution < -0.4 is 20.9 Å². The molecule has 86 heavy (non-hydrogen) atoms. The van der Waals surface area contributed by atoms with Gasteiger partial charge in [-0.25, -0.2) is 32.1 Å². The Morgan fingerprint density at radius 1 is 1.06 bits per heavy atom. The van der Waals surface area contributed by atoms with Crippen LogP contribution in [0.5, 0.6) is 6.01 Å². The summed E-state index contributed by atoms with van der Waals surface area (Å²) >= 11 is 7.84. The van der Waals surface area contributed by atoms with Gasteiger partial charge in [-0.3, -0.25) is 14.5 Å². The third-order valence-electron chi connectivity index (χ3n) is 18.4. The number of aryl methyl sites for hydroxylation is 1. The molecule has 5 aliphatic heterocycles. The minimum Gasteiger partial charge on any atom is -0.461 e. The van der Waals surface area contributed by atoms with Crippen molar-refractivity contribution >= 4 is 83.6 Å². The van der Waals surface area contributed by atoms with Crippen LogP contribution in [-0.2, 0) is 44.2 Å². The number of rotatable bonds is 11. The first kappa shape index (κ1) is 56.7. The van der Waals surface area contributed by atoms with Crippen LogP contribution in [0, 0.1) is 47.0 Å². The maximum Gasteiger partial charge on any atom is 0.410 e. The number of hydrogen-bond donors (Lipinski definition) is 2. The van der Waals surface area contributed by atoms with Gasteiger partial charge in [0, 0.05) is 84.1 Å². The maximum absolute atomic E-state index is 17.6. The molecule has 0 bridgehead atoms. The van der Waals surface area contributed by atoms with Gasteiger partial charge in [-0.1, -0.05) is 31.2 Å². The molecule has 0 spiro atoms. The molecule has 6 aliphatic rings. The Morgan fingerprint density at radius 3 is 2.63 bits per heavy atom. The smallest absolute Gasteiger partial charge is 0.410 e. The predicted molar refractivity (Wildman–Crippen MR) is 309 cm³/mol. The van der Waals surface area contributed by atoms with Crippen molar-refractivity contribution in [1.29, 1.82) is 10.5 Å². The summed E-state index contributed by atoms with van der Waals surface area (Å²) in [6.07, 6.45) is 0.234. The highest BCUT2D eigenvalue weighted by Crippen LogP contribution is 2.50. The van der Waals surface area contributed by atoms with Crippen LogP contribution >= 0.6 is 22.9 Å². The number of amides is 2. The fourth-order valence-corrected chi connectivity index (χ4v) is 15.3. The number of anilines is 2. The van der Waals surface area contributed by atoms with Gasteiger partial charge in [-0.15, -0.1) is 11.3 Å². The number of nitriles is 2. The fraction of sp³-hybridized carbons (Fsp3) is 0.393. The number of piperazine rings is 1. The van der Waals surface area contributed by atoms with Crippen molar-refractivity contribution in [2.24, 2.45) is 0 Å². The summed E-state index contributed by atoms with van der Waals surface area (Å²) in [5, 5.41) is 32.5. The molecule has 2 amide bonds. The molecule has 4 aromatic heterocycles. The second-order valence-corrected chi connectivity index (χ2v) is 24.4. The van der Waals surface area contributed by atoms with Gasteiger partial charge in [0.05, 0.1) is 74.4 Å². The number of carbonyl (C=O) groups is 3. The Bertz CT molecular complexity index is 4340. The standard InChI is InChI=1S/C61H54ClF4N11O8S/c1-5-61(82)38-18-44-50-36(24-77(44)56(79)37(38)26-83-57(61)80)48-43(10-8-32-29(3)41(65)19-42(70-50)47(32)48)73(4)59(81)84-25-28(2)55(78)76-16-15-74(23-31(76)11-13-67)54-34-17-39(62)46(33-7-9-40(64)52-45(33)35(21-68)53(69)86-52)49(66)51(34)71-58(72-54)85-27-60-12-6-14-75(60)22-30(63)20-60/h7,9,17-19,30-31,43,82H,2,5-6,8,10-12,14-16,20,22-27,69H2,1,3-4H3/t30-,31+,43-,60?,61+/m1/s1. The Balaban J connectivity index is 0.774. The zero-order valence-electron chi connectivity index (χ0n) is 46.8. The number of benzene rings is 3. The zero-order chi connectivity index (χ0) is 60.6. The Hall–Kier alpha value is -8.42. The number of thiophene rings is 1. The Labute approximate surface area is 497 Å². The number of cyclic esters (lactones) is 1. The molecule has 19 nitrogen and oxygen atoms in total. The van der Waals surface area contributed by atoms with Crippen LogP contribution in [-0.4, -0.2) is 128 Å². The molecule has 5 atom stereocenters. The normalized spacial score (nSPS) is 22.1. The van der Waals surface area contributed by atoms with Crippen LogP contribution in [0.4, 0.5) is 33.2 Å². The molecule has 3 N–H and O–H groups in total. The van der Waals surface area contributed by atoms with E-state index in [9.17, 15) is 39.2 Å². The van der Waals surface area contributed by atoms with Gasteiger partial charge in [-0.05, 0) is 86.0 Å². The number of fused-ring (bicyclic) bond motifs is 8. The van der Waals surface area contributed by atoms with Crippen molar-refractivity contribution in [1.82, 2.24) is 34.2 Å². The van der Waals surface area contributed by atoms with Gasteiger partial charge in [-0.2, -0.15) is 20.5 Å². The van der Waals surface area contributed by atoms with E-state index in [-0.39, 0.29) is 147 Å². The average molecular weight is 1210 g/mol. The number of aliphatic hydroxyl groups is 1. The summed E-state index contributed by atoms with van der Waals surface area (Å²) in [6, 6.07) is 9.17. The van der Waals surface area contributed by atoms with E-state index in [1.54, 1.807) is 24.8 Å². The van der Waals surface area contributed by atoms with Gasteiger partial charge < -0.3 is 44.3 Å². The highest BCUT2D eigenvalue weighted by molar-refractivity contribution is 7.23. The summed E-state index contributed by atoms with van der Waals surface area (Å²) in [5.74, 6) is -3.44. The molecule has 3 fully saturated rings. The van der Waals surface area contributed by atoms with E-state index >= 15 is 13.2 Å². The molecule has 0 radical (unpaired) electrons. The van der Waals surface area contributed by atoms with Crippen LogP contribution in [0.25, 0.3) is 54.4 Å². The number of pyridine rings is 2. The van der Waals surface area contributed by atoms with E-state index in [1.165, 1.54) is 39.6 Å². The molecular formula is C61H54ClF4N11O8S. The molecule has 442 valence electrons. The van der Waals surface area contributed by atoms with Crippen LogP contribution in [0.2, 0.25) is 5.02 Å². The molecule has 3 saturated heterocycles. The average Bonchev–Trinajstić information content (AvgIpc) is 1.44. The summed E-state index contributed by atoms with van der Waals surface area (Å²) in [6.45, 7) is 7.34. The third kappa shape index (κ3) is 8.64. The lowest BCUT2D eigenvalue weighted by molar-refractivity contribution is -0.172. The highest BCUT2D eigenvalue weighted by Gasteiger charge is 2.50. The molecule has 9 heterocycles. The summed E-state index contributed by atoms with van der Waals surface area (Å²) in [7, 11) is 1.54.